The maximum atomic E-state index is 13.6. The number of hydrogen-bond donors (Lipinski definition) is 2. The van der Waals surface area contributed by atoms with E-state index in [9.17, 15) is 18.4 Å². The monoisotopic (exact) mass is 325 g/mol. The van der Waals surface area contributed by atoms with Crippen LogP contribution in [0, 0.1) is 11.6 Å². The molecule has 0 saturated heterocycles. The highest BCUT2D eigenvalue weighted by Gasteiger charge is 2.15. The number of benzene rings is 1. The number of halogens is 3. The number of carbonyl (C=O) groups excluding carboxylic acids is 2. The zero-order valence-corrected chi connectivity index (χ0v) is 11.8. The van der Waals surface area contributed by atoms with E-state index in [0.29, 0.717) is 5.56 Å². The van der Waals surface area contributed by atoms with E-state index in [1.807, 2.05) is 0 Å². The molecule has 22 heavy (non-hydrogen) atoms. The molecule has 0 fully saturated rings. The SMILES string of the molecule is O=C(Cc1ccc(F)cc1)NNC(=O)c1ccnc(Cl)c1F. The van der Waals surface area contributed by atoms with Crippen molar-refractivity contribution in [3.05, 3.63) is 64.4 Å². The van der Waals surface area contributed by atoms with Gasteiger partial charge in [0.25, 0.3) is 5.91 Å². The Morgan fingerprint density at radius 2 is 1.77 bits per heavy atom. The number of pyridine rings is 1. The molecule has 0 saturated carbocycles. The highest BCUT2D eigenvalue weighted by atomic mass is 35.5. The zero-order chi connectivity index (χ0) is 16.1. The van der Waals surface area contributed by atoms with Gasteiger partial charge in [0, 0.05) is 6.20 Å². The summed E-state index contributed by atoms with van der Waals surface area (Å²) in [5.41, 5.74) is 4.40. The molecule has 0 radical (unpaired) electrons. The summed E-state index contributed by atoms with van der Waals surface area (Å²) in [5.74, 6) is -2.80. The molecule has 0 aliphatic carbocycles. The van der Waals surface area contributed by atoms with E-state index in [1.54, 1.807) is 0 Å². The van der Waals surface area contributed by atoms with E-state index in [2.05, 4.69) is 15.8 Å². The van der Waals surface area contributed by atoms with Gasteiger partial charge >= 0.3 is 0 Å². The van der Waals surface area contributed by atoms with Gasteiger partial charge in [0.1, 0.15) is 5.82 Å². The lowest BCUT2D eigenvalue weighted by Gasteiger charge is -2.08. The average molecular weight is 326 g/mol. The summed E-state index contributed by atoms with van der Waals surface area (Å²) < 4.78 is 26.3. The maximum absolute atomic E-state index is 13.6. The van der Waals surface area contributed by atoms with Crippen LogP contribution in [0.25, 0.3) is 0 Å². The second-order valence-corrected chi connectivity index (χ2v) is 4.63. The third-order valence-corrected chi connectivity index (χ3v) is 2.95. The smallest absolute Gasteiger partial charge is 0.272 e. The number of amides is 2. The third kappa shape index (κ3) is 3.98. The molecule has 8 heteroatoms. The van der Waals surface area contributed by atoms with Crippen molar-refractivity contribution in [3.8, 4) is 0 Å². The Bertz CT molecular complexity index is 708. The Balaban J connectivity index is 1.92. The van der Waals surface area contributed by atoms with Crippen LogP contribution in [0.15, 0.2) is 36.5 Å². The first-order valence-corrected chi connectivity index (χ1v) is 6.49. The largest absolute Gasteiger partial charge is 0.273 e. The molecular weight excluding hydrogens is 316 g/mol. The van der Waals surface area contributed by atoms with E-state index in [0.717, 1.165) is 6.07 Å². The molecule has 0 unspecified atom stereocenters. The predicted molar refractivity (Wildman–Crippen MR) is 74.9 cm³/mol. The molecule has 0 atom stereocenters. The Morgan fingerprint density at radius 1 is 1.09 bits per heavy atom. The molecule has 0 aliphatic rings. The molecule has 114 valence electrons. The van der Waals surface area contributed by atoms with Crippen LogP contribution in [-0.4, -0.2) is 16.8 Å². The molecule has 2 amide bonds. The summed E-state index contributed by atoms with van der Waals surface area (Å²) in [6, 6.07) is 6.45. The van der Waals surface area contributed by atoms with E-state index in [1.165, 1.54) is 30.5 Å². The molecule has 0 bridgehead atoms. The van der Waals surface area contributed by atoms with Gasteiger partial charge in [0.05, 0.1) is 12.0 Å². The van der Waals surface area contributed by atoms with Crippen LogP contribution < -0.4 is 10.9 Å². The fraction of sp³-hybridized carbons (Fsp3) is 0.0714. The number of nitrogens with one attached hydrogen (secondary N) is 2. The van der Waals surface area contributed by atoms with E-state index >= 15 is 0 Å². The second kappa shape index (κ2) is 6.95. The molecule has 0 aliphatic heterocycles. The lowest BCUT2D eigenvalue weighted by molar-refractivity contribution is -0.121. The van der Waals surface area contributed by atoms with Crippen LogP contribution in [0.3, 0.4) is 0 Å². The van der Waals surface area contributed by atoms with Crippen LogP contribution in [0.5, 0.6) is 0 Å². The van der Waals surface area contributed by atoms with Crippen LogP contribution in [0.2, 0.25) is 5.15 Å². The maximum Gasteiger partial charge on any atom is 0.272 e. The van der Waals surface area contributed by atoms with Gasteiger partial charge < -0.3 is 0 Å². The molecule has 1 heterocycles. The van der Waals surface area contributed by atoms with Crippen molar-refractivity contribution in [1.29, 1.82) is 0 Å². The van der Waals surface area contributed by atoms with Crippen molar-refractivity contribution in [2.24, 2.45) is 0 Å². The zero-order valence-electron chi connectivity index (χ0n) is 11.1. The Morgan fingerprint density at radius 3 is 2.45 bits per heavy atom. The van der Waals surface area contributed by atoms with Crippen molar-refractivity contribution < 1.29 is 18.4 Å². The van der Waals surface area contributed by atoms with Gasteiger partial charge in [-0.1, -0.05) is 23.7 Å². The third-order valence-electron chi connectivity index (χ3n) is 2.68. The fourth-order valence-corrected chi connectivity index (χ4v) is 1.78. The van der Waals surface area contributed by atoms with Crippen LogP contribution in [0.1, 0.15) is 15.9 Å². The quantitative estimate of drug-likeness (QED) is 0.670. The highest BCUT2D eigenvalue weighted by molar-refractivity contribution is 6.29. The van der Waals surface area contributed by atoms with Crippen LogP contribution >= 0.6 is 11.6 Å². The number of hydrazine groups is 1. The Hall–Kier alpha value is -2.54. The van der Waals surface area contributed by atoms with Crippen LogP contribution in [-0.2, 0) is 11.2 Å². The number of hydrogen-bond acceptors (Lipinski definition) is 3. The lowest BCUT2D eigenvalue weighted by atomic mass is 10.1. The van der Waals surface area contributed by atoms with Gasteiger partial charge in [-0.15, -0.1) is 0 Å². The highest BCUT2D eigenvalue weighted by Crippen LogP contribution is 2.14. The first kappa shape index (κ1) is 15.8. The van der Waals surface area contributed by atoms with Gasteiger partial charge in [-0.3, -0.25) is 20.4 Å². The van der Waals surface area contributed by atoms with E-state index in [4.69, 9.17) is 11.6 Å². The number of nitrogens with zero attached hydrogens (tertiary/aromatic N) is 1. The minimum Gasteiger partial charge on any atom is -0.273 e. The first-order chi connectivity index (χ1) is 10.5. The standard InChI is InChI=1S/C14H10ClF2N3O2/c15-13-12(17)10(5-6-18-13)14(22)20-19-11(21)7-8-1-3-9(16)4-2-8/h1-6H,7H2,(H,19,21)(H,20,22). The number of carbonyl (C=O) groups is 2. The number of aromatic nitrogens is 1. The first-order valence-electron chi connectivity index (χ1n) is 6.11. The van der Waals surface area contributed by atoms with Gasteiger partial charge in [0.2, 0.25) is 5.91 Å². The summed E-state index contributed by atoms with van der Waals surface area (Å²) >= 11 is 5.46. The molecule has 2 aromatic rings. The summed E-state index contributed by atoms with van der Waals surface area (Å²) in [6.07, 6.45) is 1.10. The Labute approximate surface area is 129 Å². The van der Waals surface area contributed by atoms with Gasteiger partial charge in [-0.25, -0.2) is 13.8 Å². The Kier molecular flexibility index (Phi) is 5.00. The van der Waals surface area contributed by atoms with Crippen molar-refractivity contribution in [2.45, 2.75) is 6.42 Å². The van der Waals surface area contributed by atoms with Gasteiger partial charge in [-0.2, -0.15) is 0 Å². The molecule has 0 spiro atoms. The van der Waals surface area contributed by atoms with E-state index in [-0.39, 0.29) is 12.0 Å². The molecule has 2 rings (SSSR count). The average Bonchev–Trinajstić information content (AvgIpc) is 2.50. The molecule has 5 nitrogen and oxygen atoms in total. The van der Waals surface area contributed by atoms with Crippen LogP contribution in [0.4, 0.5) is 8.78 Å². The summed E-state index contributed by atoms with van der Waals surface area (Å²) in [6.45, 7) is 0. The minimum atomic E-state index is -0.977. The lowest BCUT2D eigenvalue weighted by Crippen LogP contribution is -2.42. The minimum absolute atomic E-state index is 0.0693. The normalized spacial score (nSPS) is 10.1. The van der Waals surface area contributed by atoms with E-state index < -0.39 is 28.6 Å². The molecule has 1 aromatic heterocycles. The fourth-order valence-electron chi connectivity index (χ4n) is 1.62. The summed E-state index contributed by atoms with van der Waals surface area (Å²) in [5, 5.41) is -0.440. The van der Waals surface area contributed by atoms with Gasteiger partial charge in [0.15, 0.2) is 11.0 Å². The topological polar surface area (TPSA) is 71.1 Å². The van der Waals surface area contributed by atoms with Crippen molar-refractivity contribution in [3.63, 3.8) is 0 Å². The molecule has 2 N–H and O–H groups in total. The molecular formula is C14H10ClF2N3O2. The van der Waals surface area contributed by atoms with Gasteiger partial charge in [-0.05, 0) is 23.8 Å². The molecule has 1 aromatic carbocycles. The summed E-state index contributed by atoms with van der Waals surface area (Å²) in [7, 11) is 0. The second-order valence-electron chi connectivity index (χ2n) is 4.27. The van der Waals surface area contributed by atoms with Crippen molar-refractivity contribution in [2.75, 3.05) is 0 Å². The summed E-state index contributed by atoms with van der Waals surface area (Å²) in [4.78, 5) is 26.8. The predicted octanol–water partition coefficient (Wildman–Crippen LogP) is 2.02. The van der Waals surface area contributed by atoms with Crippen molar-refractivity contribution in [1.82, 2.24) is 15.8 Å². The number of rotatable bonds is 3. The van der Waals surface area contributed by atoms with Crippen molar-refractivity contribution >= 4 is 23.4 Å².